The molecule has 158 valence electrons. The van der Waals surface area contributed by atoms with Gasteiger partial charge in [-0.15, -0.1) is 5.06 Å². The normalized spacial score (nSPS) is 10.5. The Morgan fingerprint density at radius 3 is 1.74 bits per heavy atom. The fraction of sp³-hybridized carbons (Fsp3) is 0.125. The maximum absolute atomic E-state index is 12.4. The molecule has 0 unspecified atom stereocenters. The van der Waals surface area contributed by atoms with Crippen molar-refractivity contribution in [2.45, 2.75) is 13.1 Å². The van der Waals surface area contributed by atoms with E-state index in [-0.39, 0.29) is 11.1 Å². The van der Waals surface area contributed by atoms with Crippen molar-refractivity contribution in [2.75, 3.05) is 6.54 Å². The van der Waals surface area contributed by atoms with Gasteiger partial charge >= 0.3 is 11.9 Å². The molecule has 0 fully saturated rings. The van der Waals surface area contributed by atoms with Crippen LogP contribution in [-0.2, 0) is 22.7 Å². The predicted octanol–water partition coefficient (Wildman–Crippen LogP) is 3.28. The highest BCUT2D eigenvalue weighted by Crippen LogP contribution is 2.11. The van der Waals surface area contributed by atoms with Crippen molar-refractivity contribution >= 4 is 17.8 Å². The molecule has 31 heavy (non-hydrogen) atoms. The van der Waals surface area contributed by atoms with E-state index in [0.717, 1.165) is 11.1 Å². The fourth-order valence-corrected chi connectivity index (χ4v) is 2.99. The molecule has 2 N–H and O–H groups in total. The third-order valence-electron chi connectivity index (χ3n) is 4.43. The number of carbonyl (C=O) groups excluding carboxylic acids is 2. The Hall–Kier alpha value is -3.97. The number of hydrogen-bond acceptors (Lipinski definition) is 5. The molecule has 3 aromatic carbocycles. The minimum Gasteiger partial charge on any atom is -0.478 e. The maximum atomic E-state index is 12.4. The number of carboxylic acid groups (broad SMARTS) is 1. The number of benzene rings is 3. The van der Waals surface area contributed by atoms with Crippen molar-refractivity contribution in [3.8, 4) is 0 Å². The van der Waals surface area contributed by atoms with Crippen LogP contribution in [-0.4, -0.2) is 34.6 Å². The predicted molar refractivity (Wildman–Crippen MR) is 114 cm³/mol. The zero-order chi connectivity index (χ0) is 22.1. The van der Waals surface area contributed by atoms with Crippen molar-refractivity contribution < 1.29 is 24.3 Å². The molecule has 0 aliphatic heterocycles. The Balaban J connectivity index is 1.63. The Morgan fingerprint density at radius 2 is 1.23 bits per heavy atom. The van der Waals surface area contributed by atoms with Crippen LogP contribution in [0.1, 0.15) is 31.8 Å². The van der Waals surface area contributed by atoms with Crippen molar-refractivity contribution in [2.24, 2.45) is 0 Å². The number of amides is 1. The molecule has 0 spiro atoms. The average Bonchev–Trinajstić information content (AvgIpc) is 2.78. The Kier molecular flexibility index (Phi) is 7.50. The molecule has 0 aliphatic carbocycles. The topological polar surface area (TPSA) is 95.9 Å². The van der Waals surface area contributed by atoms with Crippen LogP contribution in [0.4, 0.5) is 0 Å². The molecule has 0 saturated heterocycles. The van der Waals surface area contributed by atoms with E-state index in [2.05, 4.69) is 5.32 Å². The second-order valence-electron chi connectivity index (χ2n) is 6.77. The number of hydroxylamine groups is 2. The van der Waals surface area contributed by atoms with Gasteiger partial charge in [0.15, 0.2) is 0 Å². The van der Waals surface area contributed by atoms with Gasteiger partial charge in [-0.05, 0) is 23.3 Å². The van der Waals surface area contributed by atoms with Crippen molar-refractivity contribution in [1.82, 2.24) is 10.4 Å². The summed E-state index contributed by atoms with van der Waals surface area (Å²) in [6, 6.07) is 24.9. The largest absolute Gasteiger partial charge is 0.478 e. The first-order valence-electron chi connectivity index (χ1n) is 9.67. The molecule has 0 aromatic heterocycles. The van der Waals surface area contributed by atoms with Gasteiger partial charge in [-0.2, -0.15) is 0 Å². The number of nitrogens with one attached hydrogen (secondary N) is 1. The standard InChI is InChI=1S/C24H22N2O5/c27-22(15-25-23(28)20-13-7-8-14-21(20)24(29)30)31-26(16-18-9-3-1-4-10-18)17-19-11-5-2-6-12-19/h1-14H,15-17H2,(H,25,28)(H,29,30). The molecule has 7 heteroatoms. The highest BCUT2D eigenvalue weighted by atomic mass is 16.7. The first kappa shape index (κ1) is 21.7. The number of aromatic carboxylic acids is 1. The van der Waals surface area contributed by atoms with E-state index in [4.69, 9.17) is 4.84 Å². The van der Waals surface area contributed by atoms with Gasteiger partial charge in [-0.3, -0.25) is 4.79 Å². The van der Waals surface area contributed by atoms with Crippen LogP contribution in [0, 0.1) is 0 Å². The number of hydrogen-bond donors (Lipinski definition) is 2. The summed E-state index contributed by atoms with van der Waals surface area (Å²) in [7, 11) is 0. The first-order chi connectivity index (χ1) is 15.0. The summed E-state index contributed by atoms with van der Waals surface area (Å²) >= 11 is 0. The fourth-order valence-electron chi connectivity index (χ4n) is 2.99. The van der Waals surface area contributed by atoms with E-state index in [9.17, 15) is 19.5 Å². The number of carbonyl (C=O) groups is 3. The molecule has 0 aliphatic rings. The molecule has 0 bridgehead atoms. The van der Waals surface area contributed by atoms with E-state index in [1.807, 2.05) is 60.7 Å². The first-order valence-corrected chi connectivity index (χ1v) is 9.67. The van der Waals surface area contributed by atoms with Gasteiger partial charge in [0.05, 0.1) is 24.2 Å². The molecule has 0 heterocycles. The van der Waals surface area contributed by atoms with Gasteiger partial charge in [-0.25, -0.2) is 9.59 Å². The lowest BCUT2D eigenvalue weighted by atomic mass is 10.1. The van der Waals surface area contributed by atoms with Crippen LogP contribution in [0.2, 0.25) is 0 Å². The van der Waals surface area contributed by atoms with E-state index in [1.54, 1.807) is 6.07 Å². The summed E-state index contributed by atoms with van der Waals surface area (Å²) < 4.78 is 0. The summed E-state index contributed by atoms with van der Waals surface area (Å²) in [5, 5.41) is 13.2. The Bertz CT molecular complexity index is 997. The Labute approximate surface area is 179 Å². The van der Waals surface area contributed by atoms with E-state index in [1.165, 1.54) is 23.3 Å². The second kappa shape index (κ2) is 10.7. The molecule has 0 atom stereocenters. The van der Waals surface area contributed by atoms with Gasteiger partial charge in [0.25, 0.3) is 5.91 Å². The molecule has 0 radical (unpaired) electrons. The average molecular weight is 418 g/mol. The lowest BCUT2D eigenvalue weighted by Crippen LogP contribution is -2.35. The van der Waals surface area contributed by atoms with Gasteiger partial charge in [0.1, 0.15) is 6.54 Å². The monoisotopic (exact) mass is 418 g/mol. The third kappa shape index (κ3) is 6.52. The quantitative estimate of drug-likeness (QED) is 0.518. The maximum Gasteiger partial charge on any atom is 0.344 e. The zero-order valence-corrected chi connectivity index (χ0v) is 16.7. The molecular formula is C24H22N2O5. The minimum atomic E-state index is -1.22. The molecule has 3 aromatic rings. The zero-order valence-electron chi connectivity index (χ0n) is 16.7. The second-order valence-corrected chi connectivity index (χ2v) is 6.77. The van der Waals surface area contributed by atoms with Gasteiger partial charge in [0.2, 0.25) is 0 Å². The summed E-state index contributed by atoms with van der Waals surface area (Å²) in [6.07, 6.45) is 0. The molecule has 0 saturated carbocycles. The van der Waals surface area contributed by atoms with Crippen LogP contribution in [0.5, 0.6) is 0 Å². The van der Waals surface area contributed by atoms with Crippen molar-refractivity contribution in [3.63, 3.8) is 0 Å². The van der Waals surface area contributed by atoms with Crippen molar-refractivity contribution in [3.05, 3.63) is 107 Å². The van der Waals surface area contributed by atoms with Crippen LogP contribution < -0.4 is 5.32 Å². The van der Waals surface area contributed by atoms with E-state index in [0.29, 0.717) is 13.1 Å². The smallest absolute Gasteiger partial charge is 0.344 e. The van der Waals surface area contributed by atoms with Crippen LogP contribution >= 0.6 is 0 Å². The van der Waals surface area contributed by atoms with Crippen molar-refractivity contribution in [1.29, 1.82) is 0 Å². The van der Waals surface area contributed by atoms with Crippen LogP contribution in [0.3, 0.4) is 0 Å². The lowest BCUT2D eigenvalue weighted by Gasteiger charge is -2.21. The van der Waals surface area contributed by atoms with Crippen LogP contribution in [0.15, 0.2) is 84.9 Å². The number of rotatable bonds is 9. The lowest BCUT2D eigenvalue weighted by molar-refractivity contribution is -0.195. The SMILES string of the molecule is O=C(CNC(=O)c1ccccc1C(=O)O)ON(Cc1ccccc1)Cc1ccccc1. The summed E-state index contributed by atoms with van der Waals surface area (Å²) in [6.45, 7) is 0.349. The summed E-state index contributed by atoms with van der Waals surface area (Å²) in [4.78, 5) is 41.5. The molecule has 1 amide bonds. The summed E-state index contributed by atoms with van der Waals surface area (Å²) in [5.41, 5.74) is 1.77. The van der Waals surface area contributed by atoms with Crippen LogP contribution in [0.25, 0.3) is 0 Å². The van der Waals surface area contributed by atoms with Gasteiger partial charge < -0.3 is 15.3 Å². The highest BCUT2D eigenvalue weighted by Gasteiger charge is 2.18. The van der Waals surface area contributed by atoms with Gasteiger partial charge in [0, 0.05) is 0 Å². The van der Waals surface area contributed by atoms with Gasteiger partial charge in [-0.1, -0.05) is 72.8 Å². The van der Waals surface area contributed by atoms with E-state index >= 15 is 0 Å². The number of carboxylic acids is 1. The number of nitrogens with zero attached hydrogens (tertiary/aromatic N) is 1. The Morgan fingerprint density at radius 1 is 0.742 bits per heavy atom. The molecule has 3 rings (SSSR count). The van der Waals surface area contributed by atoms with E-state index < -0.39 is 24.4 Å². The summed E-state index contributed by atoms with van der Waals surface area (Å²) in [5.74, 6) is -2.54. The molecule has 7 nitrogen and oxygen atoms in total. The highest BCUT2D eigenvalue weighted by molar-refractivity contribution is 6.05. The molecular weight excluding hydrogens is 396 g/mol. The third-order valence-corrected chi connectivity index (χ3v) is 4.43. The minimum absolute atomic E-state index is 0.0202.